The first-order valence-electron chi connectivity index (χ1n) is 18.2. The molecule has 0 amide bonds. The Morgan fingerprint density at radius 2 is 0.557 bits per heavy atom. The molecule has 2 aliphatic rings. The zero-order chi connectivity index (χ0) is 42.2. The zero-order valence-electron chi connectivity index (χ0n) is 30.9. The number of nitrogens with zero attached hydrogens (tertiary/aromatic N) is 4. The van der Waals surface area contributed by atoms with Crippen LogP contribution in [0.2, 0.25) is 20.1 Å². The van der Waals surface area contributed by atoms with Crippen molar-refractivity contribution in [3.8, 4) is 22.3 Å². The number of halogens is 4. The second kappa shape index (κ2) is 15.9. The van der Waals surface area contributed by atoms with Crippen LogP contribution in [-0.4, -0.2) is 36.8 Å². The maximum atomic E-state index is 14.3. The van der Waals surface area contributed by atoms with Gasteiger partial charge in [-0.2, -0.15) is 0 Å². The average molecular weight is 955 g/mol. The Kier molecular flexibility index (Phi) is 10.5. The van der Waals surface area contributed by atoms with Gasteiger partial charge in [0.05, 0.1) is 25.5 Å². The standard InChI is InChI=1S/C45H24Cl4N4O4S4/c46-25-1-13-41(50-21-25)58(54)29-5-9-33-34-10-6-30(59(55)42-14-2-26(47)22-51-42)18-38(34)45(37(33)17-29)39-19-31(60(56)43-15-3-27(48)23-52-43)7-11-35(39)36-12-8-32(20-40(36)45)61(57)44-16-4-28(49)24-53-44/h1-24H. The molecule has 4 atom stereocenters. The fourth-order valence-electron chi connectivity index (χ4n) is 7.98. The van der Waals surface area contributed by atoms with Crippen LogP contribution < -0.4 is 0 Å². The highest BCUT2D eigenvalue weighted by Gasteiger charge is 2.53. The van der Waals surface area contributed by atoms with Crippen molar-refractivity contribution in [1.82, 2.24) is 19.9 Å². The first-order chi connectivity index (χ1) is 29.5. The molecule has 0 saturated carbocycles. The summed E-state index contributed by atoms with van der Waals surface area (Å²) in [6.07, 6.45) is 5.81. The Balaban J connectivity index is 1.26. The highest BCUT2D eigenvalue weighted by atomic mass is 35.5. The number of benzene rings is 4. The van der Waals surface area contributed by atoms with E-state index in [1.807, 2.05) is 72.8 Å². The van der Waals surface area contributed by atoms with E-state index in [4.69, 9.17) is 46.4 Å². The van der Waals surface area contributed by atoms with E-state index in [9.17, 15) is 16.8 Å². The quantitative estimate of drug-likeness (QED) is 0.148. The third-order valence-electron chi connectivity index (χ3n) is 10.6. The molecule has 4 heterocycles. The highest BCUT2D eigenvalue weighted by molar-refractivity contribution is 7.85. The molecular weight excluding hydrogens is 931 g/mol. The lowest BCUT2D eigenvalue weighted by Gasteiger charge is -2.31. The van der Waals surface area contributed by atoms with Crippen molar-refractivity contribution in [3.63, 3.8) is 0 Å². The summed E-state index contributed by atoms with van der Waals surface area (Å²) in [5, 5.41) is 2.91. The number of hydrogen-bond acceptors (Lipinski definition) is 8. The lowest BCUT2D eigenvalue weighted by molar-refractivity contribution is 0.679. The summed E-state index contributed by atoms with van der Waals surface area (Å²) < 4.78 is 57.3. The fraction of sp³-hybridized carbons (Fsp3) is 0.0222. The van der Waals surface area contributed by atoms with Gasteiger partial charge in [0.1, 0.15) is 63.3 Å². The van der Waals surface area contributed by atoms with Crippen molar-refractivity contribution in [2.24, 2.45) is 0 Å². The lowest BCUT2D eigenvalue weighted by Crippen LogP contribution is -2.27. The summed E-state index contributed by atoms with van der Waals surface area (Å²) in [5.74, 6) is 0. The van der Waals surface area contributed by atoms with E-state index in [1.54, 1.807) is 48.5 Å². The summed E-state index contributed by atoms with van der Waals surface area (Å²) in [4.78, 5) is 19.4. The van der Waals surface area contributed by atoms with Gasteiger partial charge in [0, 0.05) is 44.4 Å². The topological polar surface area (TPSA) is 120 Å². The molecule has 0 fully saturated rings. The molecule has 0 saturated heterocycles. The van der Waals surface area contributed by atoms with E-state index in [1.165, 1.54) is 24.8 Å². The fourth-order valence-corrected chi connectivity index (χ4v) is 12.4. The molecule has 0 radical (unpaired) electrons. The minimum Gasteiger partial charge on any atom is -0.247 e. The molecule has 2 aliphatic carbocycles. The van der Waals surface area contributed by atoms with Crippen LogP contribution in [-0.2, 0) is 48.6 Å². The third-order valence-corrected chi connectivity index (χ3v) is 16.7. The Hall–Kier alpha value is -4.76. The molecule has 0 N–H and O–H groups in total. The van der Waals surface area contributed by atoms with E-state index in [0.29, 0.717) is 59.8 Å². The Morgan fingerprint density at radius 1 is 0.328 bits per heavy atom. The third kappa shape index (κ3) is 6.85. The molecule has 8 aromatic rings. The van der Waals surface area contributed by atoms with Gasteiger partial charge in [-0.1, -0.05) is 70.7 Å². The van der Waals surface area contributed by atoms with Gasteiger partial charge in [-0.05, 0) is 142 Å². The van der Waals surface area contributed by atoms with E-state index in [0.717, 1.165) is 44.5 Å². The summed E-state index contributed by atoms with van der Waals surface area (Å²) in [7, 11) is -6.94. The molecule has 10 rings (SSSR count). The van der Waals surface area contributed by atoms with Crippen LogP contribution >= 0.6 is 46.4 Å². The molecule has 0 bridgehead atoms. The molecule has 16 heteroatoms. The van der Waals surface area contributed by atoms with Gasteiger partial charge in [-0.25, -0.2) is 36.8 Å². The molecule has 1 spiro atoms. The first-order valence-corrected chi connectivity index (χ1v) is 24.3. The Morgan fingerprint density at radius 3 is 0.754 bits per heavy atom. The highest BCUT2D eigenvalue weighted by Crippen LogP contribution is 2.64. The second-order valence-corrected chi connectivity index (χ2v) is 21.4. The molecule has 4 aromatic carbocycles. The average Bonchev–Trinajstić information content (AvgIpc) is 3.74. The van der Waals surface area contributed by atoms with Gasteiger partial charge in [-0.15, -0.1) is 0 Å². The molecule has 0 aliphatic heterocycles. The maximum absolute atomic E-state index is 14.3. The van der Waals surface area contributed by atoms with Crippen LogP contribution in [0.4, 0.5) is 0 Å². The van der Waals surface area contributed by atoms with Crippen molar-refractivity contribution in [2.75, 3.05) is 0 Å². The maximum Gasteiger partial charge on any atom is 0.132 e. The van der Waals surface area contributed by atoms with Crippen LogP contribution in [0.25, 0.3) is 22.3 Å². The summed E-state index contributed by atoms with van der Waals surface area (Å²) in [5.41, 5.74) is 5.15. The minimum absolute atomic E-state index is 0.315. The van der Waals surface area contributed by atoms with Gasteiger partial charge in [0.25, 0.3) is 0 Å². The molecule has 4 unspecified atom stereocenters. The first kappa shape index (κ1) is 40.3. The molecular formula is C45H24Cl4N4O4S4. The lowest BCUT2D eigenvalue weighted by atomic mass is 9.70. The smallest absolute Gasteiger partial charge is 0.132 e. The van der Waals surface area contributed by atoms with E-state index >= 15 is 0 Å². The predicted molar refractivity (Wildman–Crippen MR) is 238 cm³/mol. The zero-order valence-corrected chi connectivity index (χ0v) is 37.2. The van der Waals surface area contributed by atoms with Crippen LogP contribution in [0.5, 0.6) is 0 Å². The second-order valence-electron chi connectivity index (χ2n) is 13.9. The SMILES string of the molecule is O=S(c1ccc2c(c1)C1(c3cc(S(=O)c4ccc(Cl)cn4)ccc3-2)c2cc(S(=O)c3ccc(Cl)cn3)ccc2-c2ccc(S(=O)c3ccc(Cl)cn3)cc21)c1ccc(Cl)cn1. The normalized spacial score (nSPS) is 16.6. The van der Waals surface area contributed by atoms with Gasteiger partial charge in [0.2, 0.25) is 0 Å². The molecule has 4 aromatic heterocycles. The van der Waals surface area contributed by atoms with Crippen LogP contribution in [0.15, 0.2) is 186 Å². The molecule has 300 valence electrons. The summed E-state index contributed by atoms with van der Waals surface area (Å²) in [6.45, 7) is 0. The summed E-state index contributed by atoms with van der Waals surface area (Å²) >= 11 is 24.6. The van der Waals surface area contributed by atoms with E-state index in [-0.39, 0.29) is 0 Å². The van der Waals surface area contributed by atoms with Crippen LogP contribution in [0.3, 0.4) is 0 Å². The van der Waals surface area contributed by atoms with Crippen molar-refractivity contribution < 1.29 is 16.8 Å². The van der Waals surface area contributed by atoms with Crippen LogP contribution in [0.1, 0.15) is 22.3 Å². The van der Waals surface area contributed by atoms with E-state index in [2.05, 4.69) is 19.9 Å². The minimum atomic E-state index is -1.73. The largest absolute Gasteiger partial charge is 0.247 e. The number of rotatable bonds is 8. The van der Waals surface area contributed by atoms with Gasteiger partial charge >= 0.3 is 0 Å². The molecule has 61 heavy (non-hydrogen) atoms. The number of pyridine rings is 4. The predicted octanol–water partition coefficient (Wildman–Crippen LogP) is 10.9. The number of fused-ring (bicyclic) bond motifs is 10. The number of aromatic nitrogens is 4. The van der Waals surface area contributed by atoms with Crippen molar-refractivity contribution in [3.05, 3.63) is 188 Å². The Bertz CT molecular complexity index is 2780. The van der Waals surface area contributed by atoms with Crippen LogP contribution in [0, 0.1) is 0 Å². The van der Waals surface area contributed by atoms with Crippen molar-refractivity contribution >= 4 is 89.6 Å². The molecule has 8 nitrogen and oxygen atoms in total. The Labute approximate surface area is 379 Å². The van der Waals surface area contributed by atoms with Crippen molar-refractivity contribution in [1.29, 1.82) is 0 Å². The van der Waals surface area contributed by atoms with Gasteiger partial charge < -0.3 is 0 Å². The van der Waals surface area contributed by atoms with Crippen molar-refractivity contribution in [2.45, 2.75) is 45.1 Å². The number of hydrogen-bond donors (Lipinski definition) is 0. The monoisotopic (exact) mass is 952 g/mol. The van der Waals surface area contributed by atoms with E-state index < -0.39 is 48.6 Å². The summed E-state index contributed by atoms with van der Waals surface area (Å²) in [6, 6.07) is 35.7. The van der Waals surface area contributed by atoms with Gasteiger partial charge in [0.15, 0.2) is 0 Å². The van der Waals surface area contributed by atoms with Gasteiger partial charge in [-0.3, -0.25) is 0 Å².